The van der Waals surface area contributed by atoms with Crippen molar-refractivity contribution in [1.82, 2.24) is 5.32 Å². The van der Waals surface area contributed by atoms with Crippen LogP contribution in [-0.4, -0.2) is 18.8 Å². The summed E-state index contributed by atoms with van der Waals surface area (Å²) in [4.78, 5) is 0. The molecule has 0 aromatic heterocycles. The van der Waals surface area contributed by atoms with E-state index in [1.807, 2.05) is 12.1 Å². The van der Waals surface area contributed by atoms with Gasteiger partial charge >= 0.3 is 0 Å². The predicted molar refractivity (Wildman–Crippen MR) is 71.2 cm³/mol. The van der Waals surface area contributed by atoms with Crippen molar-refractivity contribution < 1.29 is 4.74 Å². The molecule has 4 heteroatoms. The molecule has 1 heterocycles. The van der Waals surface area contributed by atoms with Crippen LogP contribution in [-0.2, 0) is 11.3 Å². The van der Waals surface area contributed by atoms with E-state index < -0.39 is 0 Å². The standard InChI is InChI=1S/C13H19ClN2O/c1-13(3-2-4-17-13)9-16-8-10-5-11(14)7-12(15)6-10/h5-7,16H,2-4,8-9,15H2,1H3. The number of anilines is 1. The van der Waals surface area contributed by atoms with Crippen molar-refractivity contribution in [1.29, 1.82) is 0 Å². The van der Waals surface area contributed by atoms with E-state index in [9.17, 15) is 0 Å². The van der Waals surface area contributed by atoms with Crippen LogP contribution < -0.4 is 11.1 Å². The Morgan fingerprint density at radius 3 is 2.94 bits per heavy atom. The van der Waals surface area contributed by atoms with Crippen molar-refractivity contribution in [2.24, 2.45) is 0 Å². The monoisotopic (exact) mass is 254 g/mol. The molecule has 1 aliphatic heterocycles. The van der Waals surface area contributed by atoms with Crippen molar-refractivity contribution in [2.45, 2.75) is 31.9 Å². The van der Waals surface area contributed by atoms with E-state index >= 15 is 0 Å². The molecule has 2 rings (SSSR count). The molecule has 94 valence electrons. The quantitative estimate of drug-likeness (QED) is 0.812. The van der Waals surface area contributed by atoms with Gasteiger partial charge in [0.25, 0.3) is 0 Å². The Bertz CT molecular complexity index is 369. The number of hydrogen-bond acceptors (Lipinski definition) is 3. The van der Waals surface area contributed by atoms with Gasteiger partial charge in [0.05, 0.1) is 5.60 Å². The second kappa shape index (κ2) is 5.25. The van der Waals surface area contributed by atoms with Gasteiger partial charge in [-0.05, 0) is 43.5 Å². The number of nitrogen functional groups attached to an aromatic ring is 1. The number of benzene rings is 1. The summed E-state index contributed by atoms with van der Waals surface area (Å²) >= 11 is 5.95. The SMILES string of the molecule is CC1(CNCc2cc(N)cc(Cl)c2)CCCO1. The summed E-state index contributed by atoms with van der Waals surface area (Å²) in [6, 6.07) is 5.63. The first-order valence-electron chi connectivity index (χ1n) is 5.97. The van der Waals surface area contributed by atoms with Gasteiger partial charge in [0.2, 0.25) is 0 Å². The number of ether oxygens (including phenoxy) is 1. The molecule has 0 radical (unpaired) electrons. The highest BCUT2D eigenvalue weighted by Crippen LogP contribution is 2.24. The van der Waals surface area contributed by atoms with E-state index in [2.05, 4.69) is 12.2 Å². The Labute approximate surface area is 107 Å². The first-order valence-corrected chi connectivity index (χ1v) is 6.35. The summed E-state index contributed by atoms with van der Waals surface area (Å²) < 4.78 is 5.71. The molecular formula is C13H19ClN2O. The molecule has 0 aliphatic carbocycles. The molecule has 1 atom stereocenters. The molecule has 1 aromatic carbocycles. The third-order valence-electron chi connectivity index (χ3n) is 3.11. The number of nitrogens with one attached hydrogen (secondary N) is 1. The smallest absolute Gasteiger partial charge is 0.0779 e. The van der Waals surface area contributed by atoms with Crippen LogP contribution in [0.5, 0.6) is 0 Å². The molecule has 1 fully saturated rings. The van der Waals surface area contributed by atoms with Gasteiger partial charge in [-0.2, -0.15) is 0 Å². The second-order valence-electron chi connectivity index (χ2n) is 4.90. The van der Waals surface area contributed by atoms with E-state index in [-0.39, 0.29) is 5.60 Å². The highest BCUT2D eigenvalue weighted by Gasteiger charge is 2.28. The fourth-order valence-corrected chi connectivity index (χ4v) is 2.49. The summed E-state index contributed by atoms with van der Waals surface area (Å²) in [5.41, 5.74) is 7.55. The van der Waals surface area contributed by atoms with Crippen LogP contribution in [0.15, 0.2) is 18.2 Å². The first-order chi connectivity index (χ1) is 8.07. The third kappa shape index (κ3) is 3.60. The fraction of sp³-hybridized carbons (Fsp3) is 0.538. The average molecular weight is 255 g/mol. The maximum atomic E-state index is 5.95. The van der Waals surface area contributed by atoms with Gasteiger partial charge in [0.15, 0.2) is 0 Å². The molecule has 17 heavy (non-hydrogen) atoms. The van der Waals surface area contributed by atoms with Gasteiger partial charge in [-0.3, -0.25) is 0 Å². The fourth-order valence-electron chi connectivity index (χ4n) is 2.22. The van der Waals surface area contributed by atoms with Crippen LogP contribution in [0.25, 0.3) is 0 Å². The van der Waals surface area contributed by atoms with Crippen LogP contribution in [0.2, 0.25) is 5.02 Å². The average Bonchev–Trinajstić information content (AvgIpc) is 2.64. The van der Waals surface area contributed by atoms with Crippen molar-refractivity contribution in [3.05, 3.63) is 28.8 Å². The Morgan fingerprint density at radius 1 is 1.47 bits per heavy atom. The van der Waals surface area contributed by atoms with Gasteiger partial charge in [-0.1, -0.05) is 11.6 Å². The molecular weight excluding hydrogens is 236 g/mol. The first kappa shape index (κ1) is 12.7. The minimum atomic E-state index is -0.00980. The molecule has 1 unspecified atom stereocenters. The minimum absolute atomic E-state index is 0.00980. The Kier molecular flexibility index (Phi) is 3.92. The van der Waals surface area contributed by atoms with Crippen molar-refractivity contribution >= 4 is 17.3 Å². The van der Waals surface area contributed by atoms with Crippen molar-refractivity contribution in [3.63, 3.8) is 0 Å². The molecule has 0 amide bonds. The van der Waals surface area contributed by atoms with E-state index in [0.29, 0.717) is 10.7 Å². The summed E-state index contributed by atoms with van der Waals surface area (Å²) in [6.45, 7) is 4.66. The Hall–Kier alpha value is -0.770. The summed E-state index contributed by atoms with van der Waals surface area (Å²) in [7, 11) is 0. The Balaban J connectivity index is 1.85. The lowest BCUT2D eigenvalue weighted by atomic mass is 10.0. The highest BCUT2D eigenvalue weighted by atomic mass is 35.5. The number of rotatable bonds is 4. The lowest BCUT2D eigenvalue weighted by Gasteiger charge is -2.23. The van der Waals surface area contributed by atoms with Gasteiger partial charge < -0.3 is 15.8 Å². The van der Waals surface area contributed by atoms with Gasteiger partial charge in [-0.15, -0.1) is 0 Å². The molecule has 3 N–H and O–H groups in total. The van der Waals surface area contributed by atoms with Crippen LogP contribution >= 0.6 is 11.6 Å². The second-order valence-corrected chi connectivity index (χ2v) is 5.33. The van der Waals surface area contributed by atoms with Crippen molar-refractivity contribution in [3.8, 4) is 0 Å². The van der Waals surface area contributed by atoms with E-state index in [1.54, 1.807) is 6.07 Å². The maximum absolute atomic E-state index is 5.95. The topological polar surface area (TPSA) is 47.3 Å². The molecule has 0 bridgehead atoms. The normalized spacial score (nSPS) is 24.1. The lowest BCUT2D eigenvalue weighted by molar-refractivity contribution is 0.0207. The van der Waals surface area contributed by atoms with E-state index in [0.717, 1.165) is 38.1 Å². The van der Waals surface area contributed by atoms with Crippen LogP contribution in [0, 0.1) is 0 Å². The molecule has 1 saturated heterocycles. The lowest BCUT2D eigenvalue weighted by Crippen LogP contribution is -2.36. The molecule has 3 nitrogen and oxygen atoms in total. The highest BCUT2D eigenvalue weighted by molar-refractivity contribution is 6.30. The van der Waals surface area contributed by atoms with Gasteiger partial charge in [0.1, 0.15) is 0 Å². The van der Waals surface area contributed by atoms with Crippen LogP contribution in [0.4, 0.5) is 5.69 Å². The zero-order chi connectivity index (χ0) is 12.3. The molecule has 1 aromatic rings. The summed E-state index contributed by atoms with van der Waals surface area (Å²) in [5.74, 6) is 0. The zero-order valence-corrected chi connectivity index (χ0v) is 10.9. The van der Waals surface area contributed by atoms with Crippen LogP contribution in [0.3, 0.4) is 0 Å². The molecule has 0 spiro atoms. The largest absolute Gasteiger partial charge is 0.399 e. The predicted octanol–water partition coefficient (Wildman–Crippen LogP) is 2.58. The summed E-state index contributed by atoms with van der Waals surface area (Å²) in [6.07, 6.45) is 2.28. The minimum Gasteiger partial charge on any atom is -0.399 e. The van der Waals surface area contributed by atoms with Crippen molar-refractivity contribution in [2.75, 3.05) is 18.9 Å². The Morgan fingerprint density at radius 2 is 2.29 bits per heavy atom. The van der Waals surface area contributed by atoms with Crippen LogP contribution in [0.1, 0.15) is 25.3 Å². The number of nitrogens with two attached hydrogens (primary N) is 1. The van der Waals surface area contributed by atoms with E-state index in [4.69, 9.17) is 22.1 Å². The number of halogens is 1. The van der Waals surface area contributed by atoms with Gasteiger partial charge in [-0.25, -0.2) is 0 Å². The molecule has 1 aliphatic rings. The number of hydrogen-bond donors (Lipinski definition) is 2. The van der Waals surface area contributed by atoms with E-state index in [1.165, 1.54) is 0 Å². The summed E-state index contributed by atoms with van der Waals surface area (Å²) in [5, 5.41) is 4.08. The van der Waals surface area contributed by atoms with Gasteiger partial charge in [0, 0.05) is 30.4 Å². The maximum Gasteiger partial charge on any atom is 0.0779 e. The third-order valence-corrected chi connectivity index (χ3v) is 3.33. The zero-order valence-electron chi connectivity index (χ0n) is 10.1. The molecule has 0 saturated carbocycles.